The summed E-state index contributed by atoms with van der Waals surface area (Å²) in [5.74, 6) is -0.0683. The lowest BCUT2D eigenvalue weighted by molar-refractivity contribution is -0.137. The summed E-state index contributed by atoms with van der Waals surface area (Å²) in [7, 11) is 0. The normalized spacial score (nSPS) is 25.5. The van der Waals surface area contributed by atoms with E-state index in [4.69, 9.17) is 0 Å². The third-order valence-corrected chi connectivity index (χ3v) is 5.75. The molecule has 0 aliphatic carbocycles. The predicted octanol–water partition coefficient (Wildman–Crippen LogP) is 0.487. The molecular weight excluding hydrogens is 356 g/mol. The number of hydrogen-bond donors (Lipinski definition) is 1. The molecule has 0 unspecified atom stereocenters. The van der Waals surface area contributed by atoms with Gasteiger partial charge in [-0.3, -0.25) is 19.3 Å². The first-order valence-corrected chi connectivity index (χ1v) is 9.41. The minimum absolute atomic E-state index is 0.172. The van der Waals surface area contributed by atoms with Crippen LogP contribution in [0.15, 0.2) is 30.3 Å². The van der Waals surface area contributed by atoms with E-state index < -0.39 is 12.1 Å². The first kappa shape index (κ1) is 16.9. The summed E-state index contributed by atoms with van der Waals surface area (Å²) in [4.78, 5) is 53.6. The van der Waals surface area contributed by atoms with Gasteiger partial charge in [-0.1, -0.05) is 42.1 Å². The fourth-order valence-corrected chi connectivity index (χ4v) is 4.27. The average Bonchev–Trinajstić information content (AvgIpc) is 3.19. The first-order chi connectivity index (χ1) is 12.5. The number of benzene rings is 1. The maximum atomic E-state index is 12.7. The molecule has 4 rings (SSSR count). The molecule has 1 aromatic rings. The van der Waals surface area contributed by atoms with Crippen LogP contribution in [0.25, 0.3) is 0 Å². The van der Waals surface area contributed by atoms with Gasteiger partial charge in [0.2, 0.25) is 5.91 Å². The zero-order valence-electron chi connectivity index (χ0n) is 14.0. The topological polar surface area (TPSA) is 90.0 Å². The quantitative estimate of drug-likeness (QED) is 0.778. The molecule has 0 radical (unpaired) electrons. The summed E-state index contributed by atoms with van der Waals surface area (Å²) in [5, 5.41) is 2.42. The summed E-state index contributed by atoms with van der Waals surface area (Å²) in [5.41, 5.74) is 0.882. The summed E-state index contributed by atoms with van der Waals surface area (Å²) in [6.45, 7) is 1.09. The number of rotatable bonds is 3. The van der Waals surface area contributed by atoms with Gasteiger partial charge in [0.25, 0.3) is 11.1 Å². The third kappa shape index (κ3) is 2.92. The Morgan fingerprint density at radius 1 is 1.15 bits per heavy atom. The van der Waals surface area contributed by atoms with Crippen LogP contribution in [0.4, 0.5) is 9.59 Å². The second kappa shape index (κ2) is 6.64. The second-order valence-electron chi connectivity index (χ2n) is 6.48. The van der Waals surface area contributed by atoms with Crippen LogP contribution in [0.1, 0.15) is 5.56 Å². The second-order valence-corrected chi connectivity index (χ2v) is 7.47. The minimum atomic E-state index is -0.645. The molecule has 8 nitrogen and oxygen atoms in total. The molecule has 0 bridgehead atoms. The van der Waals surface area contributed by atoms with Gasteiger partial charge in [-0.2, -0.15) is 0 Å². The minimum Gasteiger partial charge on any atom is -0.336 e. The molecular formula is C17H18N4O4S. The molecule has 3 fully saturated rings. The largest absolute Gasteiger partial charge is 0.336 e. The van der Waals surface area contributed by atoms with Crippen LogP contribution in [-0.2, 0) is 16.1 Å². The van der Waals surface area contributed by atoms with E-state index in [0.717, 1.165) is 17.3 Å². The Hall–Kier alpha value is -2.55. The zero-order chi connectivity index (χ0) is 18.3. The van der Waals surface area contributed by atoms with Gasteiger partial charge in [0.15, 0.2) is 0 Å². The molecule has 3 heterocycles. The lowest BCUT2D eigenvalue weighted by Gasteiger charge is -2.36. The van der Waals surface area contributed by atoms with Gasteiger partial charge in [0.1, 0.15) is 12.1 Å². The highest BCUT2D eigenvalue weighted by atomic mass is 32.2. The lowest BCUT2D eigenvalue weighted by Crippen LogP contribution is -2.58. The molecule has 3 aliphatic heterocycles. The van der Waals surface area contributed by atoms with Gasteiger partial charge in [-0.05, 0) is 5.56 Å². The van der Waals surface area contributed by atoms with Gasteiger partial charge in [0.05, 0.1) is 13.1 Å². The number of carbonyl (C=O) groups is 4. The van der Waals surface area contributed by atoms with Crippen LogP contribution in [0, 0.1) is 0 Å². The predicted molar refractivity (Wildman–Crippen MR) is 94.2 cm³/mol. The van der Waals surface area contributed by atoms with E-state index in [1.807, 2.05) is 30.3 Å². The molecule has 3 aliphatic rings. The highest BCUT2D eigenvalue weighted by Crippen LogP contribution is 2.25. The van der Waals surface area contributed by atoms with Crippen molar-refractivity contribution in [3.63, 3.8) is 0 Å². The number of amides is 5. The van der Waals surface area contributed by atoms with E-state index in [0.29, 0.717) is 18.8 Å². The fraction of sp³-hybridized carbons (Fsp3) is 0.412. The van der Waals surface area contributed by atoms with E-state index in [-0.39, 0.29) is 36.2 Å². The number of imide groups is 1. The van der Waals surface area contributed by atoms with Gasteiger partial charge < -0.3 is 15.1 Å². The smallest absolute Gasteiger partial charge is 0.327 e. The van der Waals surface area contributed by atoms with Gasteiger partial charge >= 0.3 is 6.03 Å². The summed E-state index contributed by atoms with van der Waals surface area (Å²) < 4.78 is 0. The van der Waals surface area contributed by atoms with Crippen LogP contribution in [0.2, 0.25) is 0 Å². The number of nitrogens with zero attached hydrogens (tertiary/aromatic N) is 3. The number of thioether (sulfide) groups is 1. The molecule has 3 saturated heterocycles. The van der Waals surface area contributed by atoms with Crippen molar-refractivity contribution in [1.29, 1.82) is 0 Å². The molecule has 136 valence electrons. The van der Waals surface area contributed by atoms with E-state index in [1.165, 1.54) is 9.80 Å². The van der Waals surface area contributed by atoms with Crippen LogP contribution >= 0.6 is 11.8 Å². The van der Waals surface area contributed by atoms with Gasteiger partial charge in [0, 0.05) is 18.8 Å². The average molecular weight is 374 g/mol. The Morgan fingerprint density at radius 2 is 1.92 bits per heavy atom. The zero-order valence-corrected chi connectivity index (χ0v) is 14.8. The van der Waals surface area contributed by atoms with Crippen molar-refractivity contribution >= 4 is 34.8 Å². The summed E-state index contributed by atoms with van der Waals surface area (Å²) in [6, 6.07) is 7.84. The van der Waals surface area contributed by atoms with Crippen LogP contribution < -0.4 is 5.32 Å². The van der Waals surface area contributed by atoms with Crippen molar-refractivity contribution in [2.24, 2.45) is 0 Å². The fourth-order valence-electron chi connectivity index (χ4n) is 3.50. The third-order valence-electron chi connectivity index (χ3n) is 4.87. The van der Waals surface area contributed by atoms with E-state index in [2.05, 4.69) is 5.32 Å². The van der Waals surface area contributed by atoms with Crippen LogP contribution in [0.3, 0.4) is 0 Å². The maximum absolute atomic E-state index is 12.7. The first-order valence-electron chi connectivity index (χ1n) is 8.42. The number of hydrogen-bond acceptors (Lipinski definition) is 5. The summed E-state index contributed by atoms with van der Waals surface area (Å²) in [6.07, 6.45) is 0. The molecule has 1 aromatic carbocycles. The molecule has 0 saturated carbocycles. The number of piperazine rings is 1. The summed E-state index contributed by atoms with van der Waals surface area (Å²) >= 11 is 1.08. The lowest BCUT2D eigenvalue weighted by atomic mass is 10.1. The van der Waals surface area contributed by atoms with E-state index in [9.17, 15) is 19.2 Å². The Labute approximate surface area is 154 Å². The monoisotopic (exact) mass is 374 g/mol. The van der Waals surface area contributed by atoms with Crippen molar-refractivity contribution in [1.82, 2.24) is 20.0 Å². The van der Waals surface area contributed by atoms with Gasteiger partial charge in [-0.25, -0.2) is 4.79 Å². The number of urea groups is 1. The number of fused-ring (bicyclic) bond motifs is 1. The standard InChI is InChI=1S/C17H18N4O4S/c22-14(12-10-26-16(24)18-12)19-6-7-20-13(9-19)15(23)21(17(20)25)8-11-4-2-1-3-5-11/h1-5,12-13H,6-10H2,(H,18,24)/t12-,13+/m0/s1. The van der Waals surface area contributed by atoms with Gasteiger partial charge in [-0.15, -0.1) is 0 Å². The van der Waals surface area contributed by atoms with Crippen LogP contribution in [0.5, 0.6) is 0 Å². The maximum Gasteiger partial charge on any atom is 0.327 e. The molecule has 26 heavy (non-hydrogen) atoms. The molecule has 0 aromatic heterocycles. The Balaban J connectivity index is 1.45. The SMILES string of the molecule is O=C1N[C@H](C(=O)N2CCN3C(=O)N(Cc4ccccc4)C(=O)[C@H]3C2)CS1. The van der Waals surface area contributed by atoms with Crippen molar-refractivity contribution in [2.75, 3.05) is 25.4 Å². The van der Waals surface area contributed by atoms with Crippen molar-refractivity contribution in [3.8, 4) is 0 Å². The van der Waals surface area contributed by atoms with Crippen LogP contribution in [-0.4, -0.2) is 75.3 Å². The molecule has 1 N–H and O–H groups in total. The highest BCUT2D eigenvalue weighted by molar-refractivity contribution is 8.14. The Kier molecular flexibility index (Phi) is 4.31. The molecule has 9 heteroatoms. The van der Waals surface area contributed by atoms with E-state index >= 15 is 0 Å². The number of carbonyl (C=O) groups excluding carboxylic acids is 4. The van der Waals surface area contributed by atoms with Crippen molar-refractivity contribution in [2.45, 2.75) is 18.6 Å². The van der Waals surface area contributed by atoms with Crippen molar-refractivity contribution < 1.29 is 19.2 Å². The Morgan fingerprint density at radius 3 is 2.62 bits per heavy atom. The number of nitrogens with one attached hydrogen (secondary N) is 1. The molecule has 5 amide bonds. The molecule has 0 spiro atoms. The highest BCUT2D eigenvalue weighted by Gasteiger charge is 2.49. The van der Waals surface area contributed by atoms with E-state index in [1.54, 1.807) is 4.90 Å². The van der Waals surface area contributed by atoms with Crippen molar-refractivity contribution in [3.05, 3.63) is 35.9 Å². The molecule has 2 atom stereocenters. The Bertz CT molecular complexity index is 771.